The molecule has 1 aliphatic rings. The van der Waals surface area contributed by atoms with Gasteiger partial charge in [-0.1, -0.05) is 19.6 Å². The van der Waals surface area contributed by atoms with Gasteiger partial charge in [-0.15, -0.1) is 0 Å². The van der Waals surface area contributed by atoms with Crippen molar-refractivity contribution in [2.75, 3.05) is 25.8 Å². The normalized spacial score (nSPS) is 23.0. The van der Waals surface area contributed by atoms with Crippen molar-refractivity contribution in [1.82, 2.24) is 0 Å². The lowest BCUT2D eigenvalue weighted by Gasteiger charge is -2.37. The molecular weight excluding hydrogens is 162 g/mol. The summed E-state index contributed by atoms with van der Waals surface area (Å²) < 4.78 is 1.44. The Morgan fingerprint density at radius 1 is 1.08 bits per heavy atom. The Labute approximate surface area is 78.4 Å². The quantitative estimate of drug-likeness (QED) is 0.469. The molecule has 0 aromatic rings. The topological polar surface area (TPSA) is 0 Å². The third-order valence-electron chi connectivity index (χ3n) is 3.00. The van der Waals surface area contributed by atoms with Crippen molar-refractivity contribution >= 4 is 8.07 Å². The SMILES string of the molecule is CC[N+]1(C[Si](C)(C)C)CCCC1. The van der Waals surface area contributed by atoms with Crippen molar-refractivity contribution in [3.8, 4) is 0 Å². The third-order valence-corrected chi connectivity index (χ3v) is 4.61. The first-order valence-corrected chi connectivity index (χ1v) is 9.03. The third kappa shape index (κ3) is 2.59. The average Bonchev–Trinajstić information content (AvgIpc) is 2.34. The van der Waals surface area contributed by atoms with Crippen LogP contribution in [-0.2, 0) is 0 Å². The summed E-state index contributed by atoms with van der Waals surface area (Å²) in [4.78, 5) is 0. The molecule has 2 heteroatoms. The van der Waals surface area contributed by atoms with E-state index >= 15 is 0 Å². The highest BCUT2D eigenvalue weighted by atomic mass is 28.3. The number of quaternary nitrogens is 1. The smallest absolute Gasteiger partial charge is 0.110 e. The second-order valence-corrected chi connectivity index (χ2v) is 11.0. The summed E-state index contributed by atoms with van der Waals surface area (Å²) in [6, 6.07) is 0. The monoisotopic (exact) mass is 186 g/mol. The van der Waals surface area contributed by atoms with Crippen LogP contribution in [-0.4, -0.2) is 38.4 Å². The summed E-state index contributed by atoms with van der Waals surface area (Å²) >= 11 is 0. The van der Waals surface area contributed by atoms with Crippen LogP contribution in [0.4, 0.5) is 0 Å². The van der Waals surface area contributed by atoms with Crippen LogP contribution in [0, 0.1) is 0 Å². The summed E-state index contributed by atoms with van der Waals surface area (Å²) in [6.07, 6.45) is 4.44. The Hall–Kier alpha value is 0.177. The highest BCUT2D eigenvalue weighted by molar-refractivity contribution is 6.76. The van der Waals surface area contributed by atoms with E-state index in [-0.39, 0.29) is 0 Å². The molecule has 0 aliphatic carbocycles. The standard InChI is InChI=1S/C10H24NSi/c1-5-11(8-6-7-9-11)10-12(2,3)4/h5-10H2,1-4H3/q+1. The first kappa shape index (κ1) is 10.3. The van der Waals surface area contributed by atoms with E-state index < -0.39 is 8.07 Å². The first-order chi connectivity index (χ1) is 5.47. The average molecular weight is 186 g/mol. The molecular formula is C10H24NSi+. The lowest BCUT2D eigenvalue weighted by Crippen LogP contribution is -2.54. The molecule has 0 bridgehead atoms. The van der Waals surface area contributed by atoms with E-state index in [2.05, 4.69) is 26.6 Å². The second-order valence-electron chi connectivity index (χ2n) is 5.53. The van der Waals surface area contributed by atoms with Gasteiger partial charge in [-0.05, 0) is 6.92 Å². The minimum atomic E-state index is -0.843. The maximum Gasteiger partial charge on any atom is 0.110 e. The fraction of sp³-hybridized carbons (Fsp3) is 1.00. The molecule has 1 rings (SSSR count). The zero-order chi connectivity index (χ0) is 9.24. The van der Waals surface area contributed by atoms with E-state index in [4.69, 9.17) is 0 Å². The minimum Gasteiger partial charge on any atom is -0.327 e. The van der Waals surface area contributed by atoms with Gasteiger partial charge in [-0.2, -0.15) is 0 Å². The van der Waals surface area contributed by atoms with E-state index in [1.807, 2.05) is 0 Å². The van der Waals surface area contributed by atoms with Crippen LogP contribution in [0.3, 0.4) is 0 Å². The van der Waals surface area contributed by atoms with Gasteiger partial charge in [0.1, 0.15) is 8.07 Å². The summed E-state index contributed by atoms with van der Waals surface area (Å²) in [5, 5.41) is 0. The molecule has 1 saturated heterocycles. The predicted molar refractivity (Wildman–Crippen MR) is 58.0 cm³/mol. The zero-order valence-electron chi connectivity index (χ0n) is 9.19. The molecule has 0 aromatic heterocycles. The molecule has 72 valence electrons. The molecule has 0 radical (unpaired) electrons. The molecule has 1 heterocycles. The van der Waals surface area contributed by atoms with Gasteiger partial charge in [0.15, 0.2) is 0 Å². The van der Waals surface area contributed by atoms with E-state index in [1.54, 1.807) is 0 Å². The van der Waals surface area contributed by atoms with Crippen LogP contribution in [0.15, 0.2) is 0 Å². The number of nitrogens with zero attached hydrogens (tertiary/aromatic N) is 1. The Morgan fingerprint density at radius 2 is 1.58 bits per heavy atom. The van der Waals surface area contributed by atoms with Crippen molar-refractivity contribution < 1.29 is 4.48 Å². The molecule has 0 amide bonds. The van der Waals surface area contributed by atoms with Crippen molar-refractivity contribution in [3.05, 3.63) is 0 Å². The van der Waals surface area contributed by atoms with Gasteiger partial charge >= 0.3 is 0 Å². The van der Waals surface area contributed by atoms with E-state index in [0.717, 1.165) is 0 Å². The number of hydrogen-bond acceptors (Lipinski definition) is 0. The molecule has 1 aliphatic heterocycles. The van der Waals surface area contributed by atoms with Gasteiger partial charge < -0.3 is 4.48 Å². The highest BCUT2D eigenvalue weighted by Gasteiger charge is 2.35. The van der Waals surface area contributed by atoms with Crippen LogP contribution in [0.2, 0.25) is 19.6 Å². The van der Waals surface area contributed by atoms with Gasteiger partial charge in [0, 0.05) is 12.8 Å². The first-order valence-electron chi connectivity index (χ1n) is 5.33. The van der Waals surface area contributed by atoms with Crippen molar-refractivity contribution in [1.29, 1.82) is 0 Å². The molecule has 1 fully saturated rings. The van der Waals surface area contributed by atoms with Crippen molar-refractivity contribution in [3.63, 3.8) is 0 Å². The Kier molecular flexibility index (Phi) is 3.00. The van der Waals surface area contributed by atoms with Crippen molar-refractivity contribution in [2.24, 2.45) is 0 Å². The largest absolute Gasteiger partial charge is 0.327 e. The van der Waals surface area contributed by atoms with Crippen molar-refractivity contribution in [2.45, 2.75) is 39.4 Å². The fourth-order valence-electron chi connectivity index (χ4n) is 2.60. The lowest BCUT2D eigenvalue weighted by molar-refractivity contribution is -0.905. The Morgan fingerprint density at radius 3 is 1.92 bits per heavy atom. The molecule has 0 atom stereocenters. The van der Waals surface area contributed by atoms with Crippen LogP contribution >= 0.6 is 0 Å². The Balaban J connectivity index is 2.55. The van der Waals surface area contributed by atoms with Gasteiger partial charge in [-0.25, -0.2) is 0 Å². The van der Waals surface area contributed by atoms with E-state index in [1.165, 1.54) is 43.1 Å². The van der Waals surface area contributed by atoms with Crippen LogP contribution in [0.5, 0.6) is 0 Å². The summed E-state index contributed by atoms with van der Waals surface area (Å²) in [7, 11) is -0.843. The zero-order valence-corrected chi connectivity index (χ0v) is 10.2. The summed E-state index contributed by atoms with van der Waals surface area (Å²) in [5.41, 5.74) is 0. The number of hydrogen-bond donors (Lipinski definition) is 0. The maximum absolute atomic E-state index is 2.50. The summed E-state index contributed by atoms with van der Waals surface area (Å²) in [5.74, 6) is 0. The molecule has 0 spiro atoms. The van der Waals surface area contributed by atoms with E-state index in [0.29, 0.717) is 0 Å². The van der Waals surface area contributed by atoms with Crippen LogP contribution in [0.25, 0.3) is 0 Å². The van der Waals surface area contributed by atoms with E-state index in [9.17, 15) is 0 Å². The van der Waals surface area contributed by atoms with Gasteiger partial charge in [0.2, 0.25) is 0 Å². The highest BCUT2D eigenvalue weighted by Crippen LogP contribution is 2.22. The number of rotatable bonds is 3. The molecule has 1 nitrogen and oxygen atoms in total. The summed E-state index contributed by atoms with van der Waals surface area (Å²) in [6.45, 7) is 14.2. The molecule has 12 heavy (non-hydrogen) atoms. The lowest BCUT2D eigenvalue weighted by atomic mass is 10.4. The minimum absolute atomic E-state index is 0.843. The second kappa shape index (κ2) is 3.50. The van der Waals surface area contributed by atoms with Gasteiger partial charge in [0.25, 0.3) is 0 Å². The predicted octanol–water partition coefficient (Wildman–Crippen LogP) is 2.49. The maximum atomic E-state index is 2.50. The fourth-order valence-corrected chi connectivity index (χ4v) is 5.15. The number of likely N-dealkylation sites (tertiary alicyclic amines) is 1. The Bertz CT molecular complexity index is 142. The van der Waals surface area contributed by atoms with Gasteiger partial charge in [-0.3, -0.25) is 0 Å². The molecule has 0 saturated carbocycles. The van der Waals surface area contributed by atoms with Gasteiger partial charge in [0.05, 0.1) is 25.8 Å². The van der Waals surface area contributed by atoms with Crippen LogP contribution < -0.4 is 0 Å². The molecule has 0 N–H and O–H groups in total. The molecule has 0 aromatic carbocycles. The molecule has 0 unspecified atom stereocenters. The van der Waals surface area contributed by atoms with Crippen LogP contribution in [0.1, 0.15) is 19.8 Å².